The summed E-state index contributed by atoms with van der Waals surface area (Å²) < 4.78 is 30.1. The van der Waals surface area contributed by atoms with Crippen LogP contribution in [0.5, 0.6) is 0 Å². The van der Waals surface area contributed by atoms with E-state index in [0.717, 1.165) is 43.1 Å². The molecule has 3 rings (SSSR count). The molecule has 0 saturated carbocycles. The van der Waals surface area contributed by atoms with Gasteiger partial charge in [-0.1, -0.05) is 51.1 Å². The maximum absolute atomic E-state index is 14.3. The van der Waals surface area contributed by atoms with E-state index in [9.17, 15) is 8.78 Å². The molecule has 0 aliphatic heterocycles. The molecule has 0 saturated heterocycles. The van der Waals surface area contributed by atoms with Crippen LogP contribution in [0.15, 0.2) is 60.8 Å². The topological polar surface area (TPSA) is 4.93 Å². The molecule has 0 fully saturated rings. The van der Waals surface area contributed by atoms with Crippen molar-refractivity contribution in [2.24, 2.45) is 5.41 Å². The van der Waals surface area contributed by atoms with Crippen LogP contribution in [0.1, 0.15) is 44.9 Å². The molecule has 0 radical (unpaired) electrons. The largest absolute Gasteiger partial charge is 0.346 e. The molecule has 3 heteroatoms. The second-order valence-corrected chi connectivity index (χ2v) is 8.37. The summed E-state index contributed by atoms with van der Waals surface area (Å²) in [7, 11) is 0. The Kier molecular flexibility index (Phi) is 5.79. The average Bonchev–Trinajstić information content (AvgIpc) is 2.99. The molecule has 0 unspecified atom stereocenters. The van der Waals surface area contributed by atoms with Gasteiger partial charge >= 0.3 is 0 Å². The summed E-state index contributed by atoms with van der Waals surface area (Å²) in [5, 5.41) is 0. The predicted octanol–water partition coefficient (Wildman–Crippen LogP) is 6.85. The molecule has 1 heterocycles. The van der Waals surface area contributed by atoms with Gasteiger partial charge in [-0.15, -0.1) is 0 Å². The normalized spacial score (nSPS) is 11.7. The van der Waals surface area contributed by atoms with Gasteiger partial charge in [0, 0.05) is 29.6 Å². The number of aryl methyl sites for hydroxylation is 1. The first-order valence-corrected chi connectivity index (χ1v) is 9.50. The lowest BCUT2D eigenvalue weighted by Crippen LogP contribution is -2.07. The minimum Gasteiger partial charge on any atom is -0.346 e. The van der Waals surface area contributed by atoms with E-state index in [2.05, 4.69) is 37.5 Å². The van der Waals surface area contributed by atoms with E-state index in [0.29, 0.717) is 5.56 Å². The van der Waals surface area contributed by atoms with Crippen LogP contribution in [0.3, 0.4) is 0 Å². The Bertz CT molecular complexity index is 888. The first kappa shape index (κ1) is 19.3. The van der Waals surface area contributed by atoms with Crippen LogP contribution in [0.2, 0.25) is 0 Å². The van der Waals surface area contributed by atoms with Crippen molar-refractivity contribution < 1.29 is 8.78 Å². The quantitative estimate of drug-likeness (QED) is 0.449. The molecular formula is C24H27F2N. The van der Waals surface area contributed by atoms with Gasteiger partial charge in [-0.3, -0.25) is 0 Å². The Morgan fingerprint density at radius 3 is 2.37 bits per heavy atom. The second-order valence-electron chi connectivity index (χ2n) is 8.37. The van der Waals surface area contributed by atoms with Crippen molar-refractivity contribution in [2.75, 3.05) is 0 Å². The summed E-state index contributed by atoms with van der Waals surface area (Å²) in [5.74, 6) is -0.814. The van der Waals surface area contributed by atoms with E-state index >= 15 is 0 Å². The highest BCUT2D eigenvalue weighted by Gasteiger charge is 2.14. The molecule has 142 valence electrons. The zero-order valence-electron chi connectivity index (χ0n) is 16.3. The molecule has 0 N–H and O–H groups in total. The van der Waals surface area contributed by atoms with E-state index < -0.39 is 11.6 Å². The van der Waals surface area contributed by atoms with Gasteiger partial charge in [0.2, 0.25) is 0 Å². The summed E-state index contributed by atoms with van der Waals surface area (Å²) in [6.07, 6.45) is 5.04. The number of rotatable bonds is 6. The summed E-state index contributed by atoms with van der Waals surface area (Å²) in [6, 6.07) is 15.8. The van der Waals surface area contributed by atoms with Crippen LogP contribution in [0.4, 0.5) is 8.78 Å². The molecule has 1 nitrogen and oxygen atoms in total. The molecule has 3 aromatic rings. The zero-order valence-corrected chi connectivity index (χ0v) is 16.3. The third kappa shape index (κ3) is 5.29. The monoisotopic (exact) mass is 367 g/mol. The van der Waals surface area contributed by atoms with Crippen molar-refractivity contribution in [3.8, 4) is 11.1 Å². The lowest BCUT2D eigenvalue weighted by atomic mass is 9.89. The highest BCUT2D eigenvalue weighted by Crippen LogP contribution is 2.28. The average molecular weight is 367 g/mol. The maximum atomic E-state index is 14.3. The van der Waals surface area contributed by atoms with E-state index in [1.807, 2.05) is 30.5 Å². The van der Waals surface area contributed by atoms with Crippen molar-refractivity contribution in [2.45, 2.75) is 46.6 Å². The van der Waals surface area contributed by atoms with Gasteiger partial charge in [-0.25, -0.2) is 8.78 Å². The van der Waals surface area contributed by atoms with Crippen LogP contribution < -0.4 is 0 Å². The Balaban J connectivity index is 1.91. The first-order chi connectivity index (χ1) is 12.8. The van der Waals surface area contributed by atoms with Gasteiger partial charge in [-0.05, 0) is 54.5 Å². The zero-order chi connectivity index (χ0) is 19.4. The first-order valence-electron chi connectivity index (χ1n) is 9.50. The SMILES string of the molecule is CC(C)(C)CCCc1cc(-c2cc(F)ccc2F)cn1Cc1ccccc1. The second kappa shape index (κ2) is 8.08. The number of aromatic nitrogens is 1. The number of halogens is 2. The van der Waals surface area contributed by atoms with Gasteiger partial charge in [0.15, 0.2) is 0 Å². The third-order valence-corrected chi connectivity index (χ3v) is 4.78. The standard InChI is InChI=1S/C24H27F2N/c1-24(2,3)13-7-10-21-14-19(22-15-20(25)11-12-23(22)26)17-27(21)16-18-8-5-4-6-9-18/h4-6,8-9,11-12,14-15,17H,7,10,13,16H2,1-3H3. The lowest BCUT2D eigenvalue weighted by molar-refractivity contribution is 0.364. The molecule has 0 amide bonds. The lowest BCUT2D eigenvalue weighted by Gasteiger charge is -2.18. The molecule has 2 aromatic carbocycles. The molecule has 1 aromatic heterocycles. The molecule has 0 bridgehead atoms. The van der Waals surface area contributed by atoms with Crippen LogP contribution in [-0.2, 0) is 13.0 Å². The summed E-state index contributed by atoms with van der Waals surface area (Å²) >= 11 is 0. The molecule has 0 aliphatic carbocycles. The molecule has 0 spiro atoms. The minimum atomic E-state index is -0.420. The number of hydrogen-bond donors (Lipinski definition) is 0. The fourth-order valence-corrected chi connectivity index (χ4v) is 3.36. The van der Waals surface area contributed by atoms with Crippen LogP contribution in [0, 0.1) is 17.0 Å². The van der Waals surface area contributed by atoms with Crippen molar-refractivity contribution >= 4 is 0 Å². The summed E-state index contributed by atoms with van der Waals surface area (Å²) in [4.78, 5) is 0. The summed E-state index contributed by atoms with van der Waals surface area (Å²) in [5.41, 5.74) is 3.68. The molecule has 0 atom stereocenters. The highest BCUT2D eigenvalue weighted by atomic mass is 19.1. The number of benzene rings is 2. The van der Waals surface area contributed by atoms with Gasteiger partial charge < -0.3 is 4.57 Å². The van der Waals surface area contributed by atoms with Gasteiger partial charge in [-0.2, -0.15) is 0 Å². The Morgan fingerprint density at radius 2 is 1.67 bits per heavy atom. The Morgan fingerprint density at radius 1 is 0.926 bits per heavy atom. The maximum Gasteiger partial charge on any atom is 0.131 e. The van der Waals surface area contributed by atoms with E-state index in [4.69, 9.17) is 0 Å². The molecule has 0 aliphatic rings. The number of nitrogens with zero attached hydrogens (tertiary/aromatic N) is 1. The Hall–Kier alpha value is -2.42. The minimum absolute atomic E-state index is 0.286. The van der Waals surface area contributed by atoms with E-state index in [1.165, 1.54) is 17.7 Å². The van der Waals surface area contributed by atoms with E-state index in [-0.39, 0.29) is 5.41 Å². The van der Waals surface area contributed by atoms with Crippen LogP contribution in [-0.4, -0.2) is 4.57 Å². The van der Waals surface area contributed by atoms with Crippen molar-refractivity contribution in [1.29, 1.82) is 0 Å². The number of hydrogen-bond acceptors (Lipinski definition) is 0. The van der Waals surface area contributed by atoms with Crippen molar-refractivity contribution in [3.05, 3.63) is 83.7 Å². The third-order valence-electron chi connectivity index (χ3n) is 4.78. The fourth-order valence-electron chi connectivity index (χ4n) is 3.36. The smallest absolute Gasteiger partial charge is 0.131 e. The van der Waals surface area contributed by atoms with Crippen LogP contribution in [0.25, 0.3) is 11.1 Å². The van der Waals surface area contributed by atoms with Gasteiger partial charge in [0.1, 0.15) is 11.6 Å². The highest BCUT2D eigenvalue weighted by molar-refractivity contribution is 5.64. The van der Waals surface area contributed by atoms with E-state index in [1.54, 1.807) is 0 Å². The fraction of sp³-hybridized carbons (Fsp3) is 0.333. The van der Waals surface area contributed by atoms with Crippen molar-refractivity contribution in [3.63, 3.8) is 0 Å². The predicted molar refractivity (Wildman–Crippen MR) is 108 cm³/mol. The summed E-state index contributed by atoms with van der Waals surface area (Å²) in [6.45, 7) is 7.44. The van der Waals surface area contributed by atoms with Gasteiger partial charge in [0.05, 0.1) is 0 Å². The Labute approximate surface area is 160 Å². The molecule has 27 heavy (non-hydrogen) atoms. The van der Waals surface area contributed by atoms with Crippen LogP contribution >= 0.6 is 0 Å². The van der Waals surface area contributed by atoms with Crippen molar-refractivity contribution in [1.82, 2.24) is 4.57 Å². The molecular weight excluding hydrogens is 340 g/mol. The van der Waals surface area contributed by atoms with Gasteiger partial charge in [0.25, 0.3) is 0 Å².